The van der Waals surface area contributed by atoms with Crippen LogP contribution in [0.4, 0.5) is 0 Å². The molecule has 3 atom stereocenters. The van der Waals surface area contributed by atoms with E-state index in [1.54, 1.807) is 12.4 Å². The zero-order chi connectivity index (χ0) is 12.0. The normalized spacial score (nSPS) is 16.8. The van der Waals surface area contributed by atoms with Gasteiger partial charge in [0.25, 0.3) is 0 Å². The number of hydrogen-bond donors (Lipinski definition) is 2. The molecule has 0 aliphatic rings. The minimum Gasteiger partial charge on any atom is -0.392 e. The van der Waals surface area contributed by atoms with Crippen LogP contribution < -0.4 is 5.73 Å². The zero-order valence-electron chi connectivity index (χ0n) is 10.1. The second-order valence-corrected chi connectivity index (χ2v) is 4.39. The summed E-state index contributed by atoms with van der Waals surface area (Å²) in [7, 11) is 0. The molecule has 0 amide bonds. The molecule has 0 saturated heterocycles. The molecule has 1 heterocycles. The summed E-state index contributed by atoms with van der Waals surface area (Å²) in [6.07, 6.45) is 5.26. The number of nitrogens with two attached hydrogens (primary N) is 1. The van der Waals surface area contributed by atoms with Gasteiger partial charge in [-0.05, 0) is 24.0 Å². The quantitative estimate of drug-likeness (QED) is 0.773. The number of aliphatic hydroxyl groups excluding tert-OH is 1. The van der Waals surface area contributed by atoms with Crippen LogP contribution in [0.5, 0.6) is 0 Å². The van der Waals surface area contributed by atoms with Gasteiger partial charge in [0.2, 0.25) is 0 Å². The van der Waals surface area contributed by atoms with Crippen molar-refractivity contribution in [1.82, 2.24) is 4.98 Å². The number of aliphatic hydroxyl groups is 1. The Hall–Kier alpha value is -0.930. The van der Waals surface area contributed by atoms with Gasteiger partial charge in [0.15, 0.2) is 0 Å². The van der Waals surface area contributed by atoms with E-state index in [1.165, 1.54) is 0 Å². The van der Waals surface area contributed by atoms with Crippen LogP contribution >= 0.6 is 0 Å². The van der Waals surface area contributed by atoms with Gasteiger partial charge in [0, 0.05) is 24.9 Å². The fourth-order valence-electron chi connectivity index (χ4n) is 2.09. The van der Waals surface area contributed by atoms with Gasteiger partial charge < -0.3 is 10.8 Å². The minimum atomic E-state index is -0.380. The third-order valence-corrected chi connectivity index (χ3v) is 3.11. The molecule has 3 N–H and O–H groups in total. The summed E-state index contributed by atoms with van der Waals surface area (Å²) in [5.41, 5.74) is 6.78. The smallest absolute Gasteiger partial charge is 0.0646 e. The monoisotopic (exact) mass is 222 g/mol. The molecule has 0 aromatic carbocycles. The van der Waals surface area contributed by atoms with Crippen LogP contribution in [0, 0.1) is 5.92 Å². The summed E-state index contributed by atoms with van der Waals surface area (Å²) in [6.45, 7) is 4.67. The third-order valence-electron chi connectivity index (χ3n) is 3.11. The van der Waals surface area contributed by atoms with Crippen molar-refractivity contribution in [2.45, 2.75) is 38.7 Å². The van der Waals surface area contributed by atoms with Gasteiger partial charge in [-0.3, -0.25) is 4.98 Å². The number of aromatic nitrogens is 1. The zero-order valence-corrected chi connectivity index (χ0v) is 10.1. The Labute approximate surface area is 97.7 Å². The Bertz CT molecular complexity index is 289. The Kier molecular flexibility index (Phi) is 5.43. The molecule has 3 nitrogen and oxygen atoms in total. The topological polar surface area (TPSA) is 59.1 Å². The fraction of sp³-hybridized carbons (Fsp3) is 0.615. The summed E-state index contributed by atoms with van der Waals surface area (Å²) < 4.78 is 0. The predicted octanol–water partition coefficient (Wildman–Crippen LogP) is 1.92. The number of pyridine rings is 1. The molecule has 1 aromatic heterocycles. The first-order valence-electron chi connectivity index (χ1n) is 5.98. The molecule has 1 rings (SSSR count). The van der Waals surface area contributed by atoms with Crippen LogP contribution in [0.25, 0.3) is 0 Å². The summed E-state index contributed by atoms with van der Waals surface area (Å²) in [5, 5.41) is 10.3. The predicted molar refractivity (Wildman–Crippen MR) is 66.1 cm³/mol. The number of nitrogens with zero attached hydrogens (tertiary/aromatic N) is 1. The summed E-state index contributed by atoms with van der Waals surface area (Å²) in [4.78, 5) is 4.07. The Morgan fingerprint density at radius 2 is 2.25 bits per heavy atom. The third kappa shape index (κ3) is 3.29. The van der Waals surface area contributed by atoms with E-state index >= 15 is 0 Å². The van der Waals surface area contributed by atoms with E-state index in [4.69, 9.17) is 5.73 Å². The number of rotatable bonds is 6. The molecular formula is C13H22N2O. The Morgan fingerprint density at radius 3 is 2.75 bits per heavy atom. The van der Waals surface area contributed by atoms with E-state index in [0.29, 0.717) is 6.54 Å². The molecule has 0 spiro atoms. The largest absolute Gasteiger partial charge is 0.392 e. The molecular weight excluding hydrogens is 200 g/mol. The lowest BCUT2D eigenvalue weighted by Gasteiger charge is -2.26. The Balaban J connectivity index is 2.74. The van der Waals surface area contributed by atoms with Crippen LogP contribution in [0.2, 0.25) is 0 Å². The average molecular weight is 222 g/mol. The van der Waals surface area contributed by atoms with Crippen molar-refractivity contribution in [3.8, 4) is 0 Å². The summed E-state index contributed by atoms with van der Waals surface area (Å²) in [6, 6.07) is 3.86. The molecule has 0 fully saturated rings. The van der Waals surface area contributed by atoms with Gasteiger partial charge in [0.1, 0.15) is 0 Å². The van der Waals surface area contributed by atoms with Crippen molar-refractivity contribution in [3.05, 3.63) is 30.1 Å². The lowest BCUT2D eigenvalue weighted by atomic mass is 9.85. The highest BCUT2D eigenvalue weighted by Gasteiger charge is 2.24. The molecule has 0 saturated carbocycles. The lowest BCUT2D eigenvalue weighted by molar-refractivity contribution is 0.0858. The molecule has 0 aliphatic heterocycles. The molecule has 0 aliphatic carbocycles. The first-order chi connectivity index (χ1) is 7.70. The molecule has 3 unspecified atom stereocenters. The van der Waals surface area contributed by atoms with Gasteiger partial charge >= 0.3 is 0 Å². The van der Waals surface area contributed by atoms with Crippen molar-refractivity contribution in [3.63, 3.8) is 0 Å². The Morgan fingerprint density at radius 1 is 1.50 bits per heavy atom. The fourth-order valence-corrected chi connectivity index (χ4v) is 2.09. The lowest BCUT2D eigenvalue weighted by Crippen LogP contribution is -2.31. The molecule has 16 heavy (non-hydrogen) atoms. The van der Waals surface area contributed by atoms with E-state index in [0.717, 1.165) is 18.4 Å². The number of hydrogen-bond acceptors (Lipinski definition) is 3. The van der Waals surface area contributed by atoms with E-state index in [-0.39, 0.29) is 17.9 Å². The van der Waals surface area contributed by atoms with Gasteiger partial charge in [-0.2, -0.15) is 0 Å². The van der Waals surface area contributed by atoms with Crippen LogP contribution in [-0.2, 0) is 0 Å². The van der Waals surface area contributed by atoms with Crippen molar-refractivity contribution in [1.29, 1.82) is 0 Å². The average Bonchev–Trinajstić information content (AvgIpc) is 2.31. The van der Waals surface area contributed by atoms with Crippen LogP contribution in [0.1, 0.15) is 38.2 Å². The SMILES string of the molecule is CCCC(C)C(O)C(CN)c1cccnc1. The van der Waals surface area contributed by atoms with Crippen LogP contribution in [0.15, 0.2) is 24.5 Å². The van der Waals surface area contributed by atoms with E-state index in [1.807, 2.05) is 12.1 Å². The van der Waals surface area contributed by atoms with Gasteiger partial charge in [-0.15, -0.1) is 0 Å². The molecule has 90 valence electrons. The van der Waals surface area contributed by atoms with Crippen molar-refractivity contribution in [2.75, 3.05) is 6.54 Å². The highest BCUT2D eigenvalue weighted by atomic mass is 16.3. The van der Waals surface area contributed by atoms with Crippen LogP contribution in [-0.4, -0.2) is 22.7 Å². The van der Waals surface area contributed by atoms with Gasteiger partial charge in [0.05, 0.1) is 6.10 Å². The molecule has 1 aromatic rings. The highest BCUT2D eigenvalue weighted by molar-refractivity contribution is 5.17. The van der Waals surface area contributed by atoms with Crippen LogP contribution in [0.3, 0.4) is 0 Å². The molecule has 0 radical (unpaired) electrons. The maximum absolute atomic E-state index is 10.3. The maximum atomic E-state index is 10.3. The first kappa shape index (κ1) is 13.1. The molecule has 0 bridgehead atoms. The van der Waals surface area contributed by atoms with E-state index in [2.05, 4.69) is 18.8 Å². The van der Waals surface area contributed by atoms with Gasteiger partial charge in [-0.25, -0.2) is 0 Å². The van der Waals surface area contributed by atoms with Crippen molar-refractivity contribution >= 4 is 0 Å². The van der Waals surface area contributed by atoms with Crippen molar-refractivity contribution < 1.29 is 5.11 Å². The second kappa shape index (κ2) is 6.61. The highest BCUT2D eigenvalue weighted by Crippen LogP contribution is 2.25. The summed E-state index contributed by atoms with van der Waals surface area (Å²) in [5.74, 6) is 0.272. The van der Waals surface area contributed by atoms with Crippen molar-refractivity contribution in [2.24, 2.45) is 11.7 Å². The first-order valence-corrected chi connectivity index (χ1v) is 5.98. The van der Waals surface area contributed by atoms with E-state index < -0.39 is 0 Å². The summed E-state index contributed by atoms with van der Waals surface area (Å²) >= 11 is 0. The standard InChI is InChI=1S/C13H22N2O/c1-3-5-10(2)13(16)12(8-14)11-6-4-7-15-9-11/h4,6-7,9-10,12-13,16H,3,5,8,14H2,1-2H3. The molecule has 3 heteroatoms. The minimum absolute atomic E-state index is 0.00440. The maximum Gasteiger partial charge on any atom is 0.0646 e. The second-order valence-electron chi connectivity index (χ2n) is 4.39. The van der Waals surface area contributed by atoms with Gasteiger partial charge in [-0.1, -0.05) is 26.3 Å². The van der Waals surface area contributed by atoms with E-state index in [9.17, 15) is 5.11 Å².